The van der Waals surface area contributed by atoms with Crippen LogP contribution in [0.5, 0.6) is 0 Å². The lowest BCUT2D eigenvalue weighted by atomic mass is 10.3. The summed E-state index contributed by atoms with van der Waals surface area (Å²) in [5.41, 5.74) is 11.0. The maximum Gasteiger partial charge on any atom is 0.277 e. The smallest absolute Gasteiger partial charge is 0.277 e. The van der Waals surface area contributed by atoms with Crippen LogP contribution in [0.2, 0.25) is 0 Å². The van der Waals surface area contributed by atoms with E-state index >= 15 is 0 Å². The van der Waals surface area contributed by atoms with Gasteiger partial charge in [-0.1, -0.05) is 0 Å². The molecule has 0 aromatic carbocycles. The Kier molecular flexibility index (Phi) is 4.41. The van der Waals surface area contributed by atoms with Gasteiger partial charge in [0, 0.05) is 19.5 Å². The van der Waals surface area contributed by atoms with Crippen molar-refractivity contribution in [3.63, 3.8) is 0 Å². The van der Waals surface area contributed by atoms with Crippen molar-refractivity contribution >= 4 is 23.4 Å². The number of aromatic amines is 1. The van der Waals surface area contributed by atoms with E-state index in [1.165, 1.54) is 0 Å². The highest BCUT2D eigenvalue weighted by atomic mass is 16.1. The van der Waals surface area contributed by atoms with E-state index in [0.717, 1.165) is 6.42 Å². The molecule has 0 fully saturated rings. The standard InChI is InChI=1S/C11H19N7O2/c12-3-1-4-14-7(19)2-5-18-6-15-8-9(18)16-11(13)17-10(8)20/h15H,1-6,12H2,(H,14,19)(H3,13,16,17,20). The Morgan fingerprint density at radius 2 is 2.30 bits per heavy atom. The van der Waals surface area contributed by atoms with E-state index in [4.69, 9.17) is 11.5 Å². The van der Waals surface area contributed by atoms with Gasteiger partial charge in [0.15, 0.2) is 5.82 Å². The van der Waals surface area contributed by atoms with E-state index in [1.807, 2.05) is 4.90 Å². The molecule has 0 radical (unpaired) electrons. The number of nitrogens with two attached hydrogens (primary N) is 2. The Morgan fingerprint density at radius 3 is 3.05 bits per heavy atom. The number of aromatic nitrogens is 2. The summed E-state index contributed by atoms with van der Waals surface area (Å²) in [6, 6.07) is 0. The Bertz CT molecular complexity index is 542. The topological polar surface area (TPSA) is 142 Å². The van der Waals surface area contributed by atoms with Crippen LogP contribution in [-0.2, 0) is 4.79 Å². The van der Waals surface area contributed by atoms with E-state index < -0.39 is 0 Å². The maximum absolute atomic E-state index is 11.6. The molecule has 2 heterocycles. The molecule has 0 saturated heterocycles. The third-order valence-electron chi connectivity index (χ3n) is 2.98. The summed E-state index contributed by atoms with van der Waals surface area (Å²) in [7, 11) is 0. The van der Waals surface area contributed by atoms with Crippen LogP contribution < -0.4 is 32.6 Å². The van der Waals surface area contributed by atoms with Crippen LogP contribution in [-0.4, -0.2) is 42.2 Å². The van der Waals surface area contributed by atoms with Crippen molar-refractivity contribution in [3.05, 3.63) is 10.4 Å². The Balaban J connectivity index is 1.91. The highest BCUT2D eigenvalue weighted by molar-refractivity contribution is 5.77. The van der Waals surface area contributed by atoms with Crippen LogP contribution in [0, 0.1) is 0 Å². The highest BCUT2D eigenvalue weighted by Crippen LogP contribution is 2.25. The molecule has 20 heavy (non-hydrogen) atoms. The van der Waals surface area contributed by atoms with Gasteiger partial charge in [-0.05, 0) is 13.0 Å². The van der Waals surface area contributed by atoms with Crippen molar-refractivity contribution in [3.8, 4) is 0 Å². The third kappa shape index (κ3) is 3.18. The van der Waals surface area contributed by atoms with Gasteiger partial charge in [0.25, 0.3) is 5.56 Å². The Morgan fingerprint density at radius 1 is 1.50 bits per heavy atom. The molecular weight excluding hydrogens is 262 g/mol. The minimum atomic E-state index is -0.303. The first kappa shape index (κ1) is 14.1. The predicted molar refractivity (Wildman–Crippen MR) is 76.4 cm³/mol. The molecule has 1 aromatic rings. The fraction of sp³-hybridized carbons (Fsp3) is 0.545. The lowest BCUT2D eigenvalue weighted by molar-refractivity contribution is -0.120. The number of hydrogen-bond donors (Lipinski definition) is 5. The minimum absolute atomic E-state index is 0.0512. The van der Waals surface area contributed by atoms with E-state index in [2.05, 4.69) is 20.6 Å². The highest BCUT2D eigenvalue weighted by Gasteiger charge is 2.23. The van der Waals surface area contributed by atoms with Crippen molar-refractivity contribution in [2.75, 3.05) is 42.3 Å². The normalized spacial score (nSPS) is 12.9. The molecular formula is C11H19N7O2. The van der Waals surface area contributed by atoms with Gasteiger partial charge in [-0.25, -0.2) is 0 Å². The van der Waals surface area contributed by atoms with Crippen molar-refractivity contribution in [1.29, 1.82) is 0 Å². The van der Waals surface area contributed by atoms with Crippen LogP contribution in [0.25, 0.3) is 0 Å². The van der Waals surface area contributed by atoms with Crippen LogP contribution in [0.15, 0.2) is 4.79 Å². The van der Waals surface area contributed by atoms with Crippen molar-refractivity contribution in [1.82, 2.24) is 15.3 Å². The van der Waals surface area contributed by atoms with E-state index in [1.54, 1.807) is 0 Å². The largest absolute Gasteiger partial charge is 0.369 e. The van der Waals surface area contributed by atoms with Gasteiger partial charge >= 0.3 is 0 Å². The molecule has 0 aliphatic carbocycles. The molecule has 1 aliphatic rings. The summed E-state index contributed by atoms with van der Waals surface area (Å²) in [4.78, 5) is 31.6. The molecule has 0 unspecified atom stereocenters. The van der Waals surface area contributed by atoms with Crippen molar-refractivity contribution < 1.29 is 4.79 Å². The Labute approximate surface area is 115 Å². The SMILES string of the molecule is NCCCNC(=O)CCN1CNc2c1nc(N)[nH]c2=O. The van der Waals surface area contributed by atoms with Gasteiger partial charge in [-0.3, -0.25) is 14.6 Å². The van der Waals surface area contributed by atoms with Crippen LogP contribution in [0.4, 0.5) is 17.5 Å². The lowest BCUT2D eigenvalue weighted by Gasteiger charge is -2.16. The van der Waals surface area contributed by atoms with Gasteiger partial charge in [0.1, 0.15) is 5.69 Å². The molecule has 0 bridgehead atoms. The minimum Gasteiger partial charge on any atom is -0.369 e. The van der Waals surface area contributed by atoms with E-state index in [0.29, 0.717) is 44.2 Å². The summed E-state index contributed by atoms with van der Waals surface area (Å²) < 4.78 is 0. The molecule has 0 saturated carbocycles. The van der Waals surface area contributed by atoms with Gasteiger partial charge in [0.2, 0.25) is 11.9 Å². The monoisotopic (exact) mass is 281 g/mol. The van der Waals surface area contributed by atoms with Crippen LogP contribution in [0.1, 0.15) is 12.8 Å². The number of carbonyl (C=O) groups excluding carboxylic acids is 1. The maximum atomic E-state index is 11.6. The van der Waals surface area contributed by atoms with Crippen molar-refractivity contribution in [2.24, 2.45) is 5.73 Å². The number of rotatable bonds is 6. The molecule has 1 aromatic heterocycles. The van der Waals surface area contributed by atoms with Gasteiger partial charge in [-0.2, -0.15) is 4.98 Å². The number of amides is 1. The molecule has 0 spiro atoms. The summed E-state index contributed by atoms with van der Waals surface area (Å²) in [6.07, 6.45) is 1.08. The zero-order valence-electron chi connectivity index (χ0n) is 11.1. The first-order valence-electron chi connectivity index (χ1n) is 6.47. The molecule has 7 N–H and O–H groups in total. The van der Waals surface area contributed by atoms with Gasteiger partial charge in [-0.15, -0.1) is 0 Å². The number of H-pyrrole nitrogens is 1. The average Bonchev–Trinajstić information content (AvgIpc) is 2.80. The number of fused-ring (bicyclic) bond motifs is 1. The predicted octanol–water partition coefficient (Wildman–Crippen LogP) is -1.60. The van der Waals surface area contributed by atoms with Crippen LogP contribution in [0.3, 0.4) is 0 Å². The quantitative estimate of drug-likeness (QED) is 0.395. The summed E-state index contributed by atoms with van der Waals surface area (Å²) in [5, 5.41) is 5.71. The van der Waals surface area contributed by atoms with Gasteiger partial charge < -0.3 is 27.0 Å². The van der Waals surface area contributed by atoms with E-state index in [9.17, 15) is 9.59 Å². The molecule has 1 aliphatic heterocycles. The zero-order valence-corrected chi connectivity index (χ0v) is 11.1. The first-order valence-corrected chi connectivity index (χ1v) is 6.47. The molecule has 9 nitrogen and oxygen atoms in total. The third-order valence-corrected chi connectivity index (χ3v) is 2.98. The first-order chi connectivity index (χ1) is 9.61. The number of nitrogens with one attached hydrogen (secondary N) is 3. The second kappa shape index (κ2) is 6.24. The zero-order chi connectivity index (χ0) is 14.5. The average molecular weight is 281 g/mol. The van der Waals surface area contributed by atoms with Crippen molar-refractivity contribution in [2.45, 2.75) is 12.8 Å². The summed E-state index contributed by atoms with van der Waals surface area (Å²) >= 11 is 0. The van der Waals surface area contributed by atoms with Gasteiger partial charge in [0.05, 0.1) is 6.67 Å². The molecule has 0 atom stereocenters. The fourth-order valence-corrected chi connectivity index (χ4v) is 1.96. The number of carbonyl (C=O) groups is 1. The molecule has 110 valence electrons. The molecule has 2 rings (SSSR count). The number of anilines is 3. The number of hydrogen-bond acceptors (Lipinski definition) is 7. The molecule has 1 amide bonds. The lowest BCUT2D eigenvalue weighted by Crippen LogP contribution is -2.32. The molecule has 9 heteroatoms. The summed E-state index contributed by atoms with van der Waals surface area (Å²) in [5.74, 6) is 0.501. The van der Waals surface area contributed by atoms with Crippen LogP contribution >= 0.6 is 0 Å². The second-order valence-corrected chi connectivity index (χ2v) is 4.49. The number of nitrogen functional groups attached to an aromatic ring is 1. The number of nitrogens with zero attached hydrogens (tertiary/aromatic N) is 2. The second-order valence-electron chi connectivity index (χ2n) is 4.49. The van der Waals surface area contributed by atoms with E-state index in [-0.39, 0.29) is 17.4 Å². The Hall–Kier alpha value is -2.29. The summed E-state index contributed by atoms with van der Waals surface area (Å²) in [6.45, 7) is 2.03. The fourth-order valence-electron chi connectivity index (χ4n) is 1.96.